The fourth-order valence-electron chi connectivity index (χ4n) is 2.11. The second kappa shape index (κ2) is 3.91. The summed E-state index contributed by atoms with van der Waals surface area (Å²) in [4.78, 5) is 12.0. The number of amides is 1. The zero-order valence-electron chi connectivity index (χ0n) is 10.3. The summed E-state index contributed by atoms with van der Waals surface area (Å²) in [6.45, 7) is 4.10. The molecule has 0 fully saturated rings. The minimum Gasteiger partial charge on any atom is -0.468 e. The molecule has 2 N–H and O–H groups in total. The van der Waals surface area contributed by atoms with Gasteiger partial charge in [0, 0.05) is 0 Å². The first-order valence-electron chi connectivity index (χ1n) is 5.86. The van der Waals surface area contributed by atoms with Crippen LogP contribution >= 0.6 is 0 Å². The molecule has 0 saturated carbocycles. The summed E-state index contributed by atoms with van der Waals surface area (Å²) in [6.07, 6.45) is 3.12. The summed E-state index contributed by atoms with van der Waals surface area (Å²) >= 11 is 0. The predicted molar refractivity (Wildman–Crippen MR) is 69.6 cm³/mol. The Morgan fingerprint density at radius 1 is 1.11 bits per heavy atom. The van der Waals surface area contributed by atoms with Crippen molar-refractivity contribution in [1.82, 2.24) is 0 Å². The van der Waals surface area contributed by atoms with Gasteiger partial charge >= 0.3 is 0 Å². The third-order valence-corrected chi connectivity index (χ3v) is 3.35. The van der Waals surface area contributed by atoms with E-state index >= 15 is 0 Å². The van der Waals surface area contributed by atoms with Gasteiger partial charge in [-0.3, -0.25) is 4.79 Å². The Kier molecular flexibility index (Phi) is 2.37. The van der Waals surface area contributed by atoms with E-state index in [1.807, 2.05) is 25.1 Å². The molecular formula is C14H14N2O2. The smallest absolute Gasteiger partial charge is 0.251 e. The number of carbonyl (C=O) groups is 1. The lowest BCUT2D eigenvalue weighted by Gasteiger charge is -2.24. The SMILES string of the molecule is Cc1ccc(C2Nc3cocc3NC2=O)cc1C. The average molecular weight is 242 g/mol. The summed E-state index contributed by atoms with van der Waals surface area (Å²) in [5, 5.41) is 6.01. The van der Waals surface area contributed by atoms with Crippen LogP contribution in [0, 0.1) is 13.8 Å². The van der Waals surface area contributed by atoms with Gasteiger partial charge in [-0.1, -0.05) is 18.2 Å². The van der Waals surface area contributed by atoms with E-state index in [4.69, 9.17) is 4.42 Å². The van der Waals surface area contributed by atoms with Crippen LogP contribution in [0.25, 0.3) is 0 Å². The summed E-state index contributed by atoms with van der Waals surface area (Å²) in [5.74, 6) is -0.0628. The van der Waals surface area contributed by atoms with Crippen molar-refractivity contribution in [3.8, 4) is 0 Å². The van der Waals surface area contributed by atoms with E-state index in [-0.39, 0.29) is 11.9 Å². The van der Waals surface area contributed by atoms with Crippen molar-refractivity contribution in [3.05, 3.63) is 47.4 Å². The van der Waals surface area contributed by atoms with Crippen LogP contribution in [-0.4, -0.2) is 5.91 Å². The molecule has 0 bridgehead atoms. The van der Waals surface area contributed by atoms with Gasteiger partial charge in [-0.15, -0.1) is 0 Å². The maximum absolute atomic E-state index is 12.0. The number of hydrogen-bond donors (Lipinski definition) is 2. The van der Waals surface area contributed by atoms with Crippen LogP contribution in [0.2, 0.25) is 0 Å². The lowest BCUT2D eigenvalue weighted by atomic mass is 9.99. The van der Waals surface area contributed by atoms with Gasteiger partial charge in [-0.2, -0.15) is 0 Å². The number of furan rings is 1. The Balaban J connectivity index is 1.97. The molecule has 3 rings (SSSR count). The van der Waals surface area contributed by atoms with Gasteiger partial charge in [-0.25, -0.2) is 0 Å². The highest BCUT2D eigenvalue weighted by Crippen LogP contribution is 2.33. The van der Waals surface area contributed by atoms with E-state index < -0.39 is 0 Å². The normalized spacial score (nSPS) is 17.9. The minimum atomic E-state index is -0.366. The molecule has 0 saturated heterocycles. The third kappa shape index (κ3) is 1.66. The Hall–Kier alpha value is -2.23. The second-order valence-electron chi connectivity index (χ2n) is 4.61. The number of aryl methyl sites for hydroxylation is 2. The molecule has 4 nitrogen and oxygen atoms in total. The van der Waals surface area contributed by atoms with Gasteiger partial charge in [0.05, 0.1) is 5.69 Å². The number of carbonyl (C=O) groups excluding carboxylic acids is 1. The topological polar surface area (TPSA) is 54.3 Å². The first-order chi connectivity index (χ1) is 8.65. The zero-order chi connectivity index (χ0) is 12.7. The average Bonchev–Trinajstić information content (AvgIpc) is 2.79. The van der Waals surface area contributed by atoms with E-state index in [1.54, 1.807) is 6.26 Å². The van der Waals surface area contributed by atoms with Crippen LogP contribution in [0.3, 0.4) is 0 Å². The van der Waals surface area contributed by atoms with E-state index in [0.29, 0.717) is 5.69 Å². The van der Waals surface area contributed by atoms with E-state index in [1.165, 1.54) is 17.4 Å². The first-order valence-corrected chi connectivity index (χ1v) is 5.86. The summed E-state index contributed by atoms with van der Waals surface area (Å²) in [5.41, 5.74) is 4.87. The highest BCUT2D eigenvalue weighted by atomic mass is 16.3. The molecule has 1 amide bonds. The largest absolute Gasteiger partial charge is 0.468 e. The maximum Gasteiger partial charge on any atom is 0.251 e. The van der Waals surface area contributed by atoms with Crippen molar-refractivity contribution >= 4 is 17.3 Å². The first kappa shape index (κ1) is 10.9. The standard InChI is InChI=1S/C14H14N2O2/c1-8-3-4-10(5-9(8)2)13-14(17)16-12-7-18-6-11(12)15-13/h3-7,13,15H,1-2H3,(H,16,17). The summed E-state index contributed by atoms with van der Waals surface area (Å²) in [6, 6.07) is 5.68. The molecular weight excluding hydrogens is 228 g/mol. The van der Waals surface area contributed by atoms with Crippen molar-refractivity contribution in [1.29, 1.82) is 0 Å². The number of rotatable bonds is 1. The monoisotopic (exact) mass is 242 g/mol. The fourth-order valence-corrected chi connectivity index (χ4v) is 2.11. The summed E-state index contributed by atoms with van der Waals surface area (Å²) in [7, 11) is 0. The molecule has 1 aliphatic heterocycles. The highest BCUT2D eigenvalue weighted by molar-refractivity contribution is 6.03. The van der Waals surface area contributed by atoms with Crippen molar-refractivity contribution in [3.63, 3.8) is 0 Å². The maximum atomic E-state index is 12.0. The van der Waals surface area contributed by atoms with E-state index in [2.05, 4.69) is 17.6 Å². The molecule has 1 unspecified atom stereocenters. The lowest BCUT2D eigenvalue weighted by molar-refractivity contribution is -0.117. The molecule has 1 atom stereocenters. The molecule has 0 aliphatic carbocycles. The summed E-state index contributed by atoms with van der Waals surface area (Å²) < 4.78 is 5.07. The zero-order valence-corrected chi connectivity index (χ0v) is 10.3. The molecule has 92 valence electrons. The van der Waals surface area contributed by atoms with Crippen LogP contribution in [0.1, 0.15) is 22.7 Å². The third-order valence-electron chi connectivity index (χ3n) is 3.35. The molecule has 0 radical (unpaired) electrons. The number of nitrogens with one attached hydrogen (secondary N) is 2. The van der Waals surface area contributed by atoms with Crippen LogP contribution < -0.4 is 10.6 Å². The van der Waals surface area contributed by atoms with Crippen LogP contribution in [-0.2, 0) is 4.79 Å². The van der Waals surface area contributed by atoms with Crippen molar-refractivity contribution in [2.24, 2.45) is 0 Å². The molecule has 1 aliphatic rings. The van der Waals surface area contributed by atoms with Crippen molar-refractivity contribution in [2.45, 2.75) is 19.9 Å². The fraction of sp³-hybridized carbons (Fsp3) is 0.214. The number of fused-ring (bicyclic) bond motifs is 1. The Bertz CT molecular complexity index is 616. The van der Waals surface area contributed by atoms with Gasteiger partial charge in [0.2, 0.25) is 0 Å². The molecule has 4 heteroatoms. The number of anilines is 2. The predicted octanol–water partition coefficient (Wildman–Crippen LogP) is 3.00. The van der Waals surface area contributed by atoms with Gasteiger partial charge in [-0.05, 0) is 30.5 Å². The molecule has 1 aromatic carbocycles. The van der Waals surface area contributed by atoms with Gasteiger partial charge < -0.3 is 15.1 Å². The van der Waals surface area contributed by atoms with Crippen LogP contribution in [0.15, 0.2) is 35.1 Å². The minimum absolute atomic E-state index is 0.0628. The number of hydrogen-bond acceptors (Lipinski definition) is 3. The van der Waals surface area contributed by atoms with Crippen molar-refractivity contribution < 1.29 is 9.21 Å². The van der Waals surface area contributed by atoms with Gasteiger partial charge in [0.25, 0.3) is 5.91 Å². The van der Waals surface area contributed by atoms with E-state index in [9.17, 15) is 4.79 Å². The second-order valence-corrected chi connectivity index (χ2v) is 4.61. The van der Waals surface area contributed by atoms with Gasteiger partial charge in [0.1, 0.15) is 24.3 Å². The Morgan fingerprint density at radius 3 is 2.67 bits per heavy atom. The molecule has 18 heavy (non-hydrogen) atoms. The lowest BCUT2D eigenvalue weighted by Crippen LogP contribution is -2.31. The van der Waals surface area contributed by atoms with E-state index in [0.717, 1.165) is 11.3 Å². The van der Waals surface area contributed by atoms with Crippen molar-refractivity contribution in [2.75, 3.05) is 10.6 Å². The number of benzene rings is 1. The Morgan fingerprint density at radius 2 is 1.89 bits per heavy atom. The highest BCUT2D eigenvalue weighted by Gasteiger charge is 2.28. The van der Waals surface area contributed by atoms with Gasteiger partial charge in [0.15, 0.2) is 0 Å². The Labute approximate surface area is 105 Å². The molecule has 2 aromatic rings. The molecule has 2 heterocycles. The molecule has 1 aromatic heterocycles. The van der Waals surface area contributed by atoms with Crippen LogP contribution in [0.5, 0.6) is 0 Å². The quantitative estimate of drug-likeness (QED) is 0.808. The molecule has 0 spiro atoms. The van der Waals surface area contributed by atoms with Crippen LogP contribution in [0.4, 0.5) is 11.4 Å².